The van der Waals surface area contributed by atoms with Crippen LogP contribution in [0.4, 0.5) is 5.69 Å². The Morgan fingerprint density at radius 1 is 1.39 bits per heavy atom. The van der Waals surface area contributed by atoms with Crippen molar-refractivity contribution in [3.8, 4) is 0 Å². The summed E-state index contributed by atoms with van der Waals surface area (Å²) in [6.45, 7) is 8.91. The average molecular weight is 310 g/mol. The molecular formula is C18H22N4O. The van der Waals surface area contributed by atoms with Crippen LogP contribution in [-0.2, 0) is 0 Å². The number of carbonyl (C=O) groups is 1. The number of aromatic nitrogens is 2. The highest BCUT2D eigenvalue weighted by molar-refractivity contribution is 6.06. The molecule has 2 aromatic rings. The summed E-state index contributed by atoms with van der Waals surface area (Å²) >= 11 is 0. The first-order chi connectivity index (χ1) is 11.1. The smallest absolute Gasteiger partial charge is 0.273 e. The largest absolute Gasteiger partial charge is 0.366 e. The maximum atomic E-state index is 12.3. The highest BCUT2D eigenvalue weighted by Crippen LogP contribution is 2.37. The zero-order valence-corrected chi connectivity index (χ0v) is 13.9. The molecule has 1 heterocycles. The summed E-state index contributed by atoms with van der Waals surface area (Å²) in [6, 6.07) is 6.55. The van der Waals surface area contributed by atoms with Crippen LogP contribution in [0.5, 0.6) is 0 Å². The minimum Gasteiger partial charge on any atom is -0.366 e. The van der Waals surface area contributed by atoms with Gasteiger partial charge in [-0.3, -0.25) is 4.79 Å². The van der Waals surface area contributed by atoms with E-state index < -0.39 is 0 Å². The maximum Gasteiger partial charge on any atom is 0.273 e. The number of anilines is 1. The minimum atomic E-state index is -0.197. The van der Waals surface area contributed by atoms with Gasteiger partial charge in [0.15, 0.2) is 5.69 Å². The number of fused-ring (bicyclic) bond motifs is 1. The fourth-order valence-corrected chi connectivity index (χ4v) is 2.91. The van der Waals surface area contributed by atoms with E-state index >= 15 is 0 Å². The molecule has 1 aliphatic rings. The number of carbonyl (C=O) groups excluding carboxylic acids is 1. The van der Waals surface area contributed by atoms with E-state index in [0.29, 0.717) is 11.7 Å². The molecule has 1 aliphatic carbocycles. The topological polar surface area (TPSA) is 58.1 Å². The molecule has 0 bridgehead atoms. The van der Waals surface area contributed by atoms with Crippen molar-refractivity contribution >= 4 is 28.1 Å². The molecular weight excluding hydrogens is 288 g/mol. The van der Waals surface area contributed by atoms with E-state index in [9.17, 15) is 4.79 Å². The van der Waals surface area contributed by atoms with Crippen LogP contribution >= 0.6 is 0 Å². The second kappa shape index (κ2) is 5.99. The monoisotopic (exact) mass is 310 g/mol. The molecule has 23 heavy (non-hydrogen) atoms. The Morgan fingerprint density at radius 3 is 2.70 bits per heavy atom. The van der Waals surface area contributed by atoms with Gasteiger partial charge in [0.05, 0.1) is 11.2 Å². The van der Waals surface area contributed by atoms with Gasteiger partial charge >= 0.3 is 0 Å². The first-order valence-corrected chi connectivity index (χ1v) is 8.01. The third-order valence-corrected chi connectivity index (χ3v) is 4.29. The van der Waals surface area contributed by atoms with Gasteiger partial charge in [-0.1, -0.05) is 18.2 Å². The Labute approximate surface area is 136 Å². The van der Waals surface area contributed by atoms with E-state index in [-0.39, 0.29) is 5.91 Å². The third-order valence-electron chi connectivity index (χ3n) is 4.29. The molecule has 1 N–H and O–H groups in total. The van der Waals surface area contributed by atoms with Crippen molar-refractivity contribution in [1.29, 1.82) is 0 Å². The van der Waals surface area contributed by atoms with Gasteiger partial charge in [0.2, 0.25) is 0 Å². The summed E-state index contributed by atoms with van der Waals surface area (Å²) in [5.74, 6) is -0.197. The Hall–Kier alpha value is -2.43. The molecule has 0 saturated heterocycles. The Balaban J connectivity index is 2.25. The summed E-state index contributed by atoms with van der Waals surface area (Å²) in [5.41, 5.74) is 4.12. The van der Waals surface area contributed by atoms with Gasteiger partial charge in [-0.2, -0.15) is 0 Å². The van der Waals surface area contributed by atoms with Crippen LogP contribution in [0.15, 0.2) is 24.8 Å². The number of hydrogen-bond donors (Lipinski definition) is 1. The summed E-state index contributed by atoms with van der Waals surface area (Å²) in [7, 11) is 1.62. The summed E-state index contributed by atoms with van der Waals surface area (Å²) in [4.78, 5) is 14.5. The van der Waals surface area contributed by atoms with Gasteiger partial charge in [-0.05, 0) is 44.4 Å². The lowest BCUT2D eigenvalue weighted by Gasteiger charge is -2.25. The van der Waals surface area contributed by atoms with Crippen LogP contribution in [0.25, 0.3) is 16.5 Å². The number of nitrogens with one attached hydrogen (secondary N) is 1. The number of hydrogen-bond acceptors (Lipinski definition) is 4. The Bertz CT molecular complexity index is 780. The van der Waals surface area contributed by atoms with Crippen LogP contribution in [0, 0.1) is 0 Å². The zero-order chi connectivity index (χ0) is 16.6. The Kier molecular flexibility index (Phi) is 4.03. The van der Waals surface area contributed by atoms with Crippen LogP contribution < -0.4 is 10.2 Å². The highest BCUT2D eigenvalue weighted by Gasteiger charge is 2.32. The maximum absolute atomic E-state index is 12.3. The quantitative estimate of drug-likeness (QED) is 0.922. The number of rotatable bonds is 5. The van der Waals surface area contributed by atoms with E-state index in [1.54, 1.807) is 7.05 Å². The van der Waals surface area contributed by atoms with Gasteiger partial charge in [-0.15, -0.1) is 10.2 Å². The van der Waals surface area contributed by atoms with E-state index in [1.807, 2.05) is 25.1 Å². The van der Waals surface area contributed by atoms with Crippen LogP contribution in [0.3, 0.4) is 0 Å². The standard InChI is InChI=1S/C18H22N4O/c1-5-22(13-7-8-13)17-14-9-6-12(11(2)3)10-15(14)20-21-16(17)18(23)19-4/h6,9-10,13H,2,5,7-8H2,1,3-4H3,(H,19,23). The van der Waals surface area contributed by atoms with E-state index in [1.165, 1.54) is 0 Å². The molecule has 1 amide bonds. The molecule has 0 spiro atoms. The minimum absolute atomic E-state index is 0.197. The lowest BCUT2D eigenvalue weighted by atomic mass is 10.0. The molecule has 0 aliphatic heterocycles. The van der Waals surface area contributed by atoms with E-state index in [0.717, 1.165) is 47.1 Å². The number of amides is 1. The fraction of sp³-hybridized carbons (Fsp3) is 0.389. The van der Waals surface area contributed by atoms with Crippen LogP contribution in [0.1, 0.15) is 42.7 Å². The molecule has 1 fully saturated rings. The summed E-state index contributed by atoms with van der Waals surface area (Å²) in [6.07, 6.45) is 2.32. The molecule has 120 valence electrons. The predicted octanol–water partition coefficient (Wildman–Crippen LogP) is 3.01. The van der Waals surface area contributed by atoms with Crippen molar-refractivity contribution in [2.75, 3.05) is 18.5 Å². The van der Waals surface area contributed by atoms with Crippen molar-refractivity contribution in [2.45, 2.75) is 32.7 Å². The molecule has 0 unspecified atom stereocenters. The lowest BCUT2D eigenvalue weighted by Crippen LogP contribution is -2.30. The molecule has 0 atom stereocenters. The molecule has 3 rings (SSSR count). The highest BCUT2D eigenvalue weighted by atomic mass is 16.1. The molecule has 5 heteroatoms. The Morgan fingerprint density at radius 2 is 2.13 bits per heavy atom. The summed E-state index contributed by atoms with van der Waals surface area (Å²) < 4.78 is 0. The van der Waals surface area contributed by atoms with Crippen molar-refractivity contribution < 1.29 is 4.79 Å². The van der Waals surface area contributed by atoms with Crippen molar-refractivity contribution in [3.63, 3.8) is 0 Å². The SMILES string of the molecule is C=C(C)c1ccc2c(N(CC)C3CC3)c(C(=O)NC)nnc2c1. The molecule has 1 saturated carbocycles. The zero-order valence-electron chi connectivity index (χ0n) is 13.9. The van der Waals surface area contributed by atoms with E-state index in [2.05, 4.69) is 33.9 Å². The number of nitrogens with zero attached hydrogens (tertiary/aromatic N) is 3. The van der Waals surface area contributed by atoms with E-state index in [4.69, 9.17) is 0 Å². The number of benzene rings is 1. The van der Waals surface area contributed by atoms with Crippen molar-refractivity contribution in [3.05, 3.63) is 36.0 Å². The van der Waals surface area contributed by atoms with Crippen molar-refractivity contribution in [1.82, 2.24) is 15.5 Å². The van der Waals surface area contributed by atoms with Crippen LogP contribution in [-0.4, -0.2) is 35.7 Å². The molecule has 0 radical (unpaired) electrons. The average Bonchev–Trinajstić information content (AvgIpc) is 3.39. The lowest BCUT2D eigenvalue weighted by molar-refractivity contribution is 0.0958. The first-order valence-electron chi connectivity index (χ1n) is 8.01. The van der Waals surface area contributed by atoms with Crippen molar-refractivity contribution in [2.24, 2.45) is 0 Å². The molecule has 1 aromatic carbocycles. The second-order valence-electron chi connectivity index (χ2n) is 6.01. The van der Waals surface area contributed by atoms with Gasteiger partial charge in [-0.25, -0.2) is 0 Å². The molecule has 5 nitrogen and oxygen atoms in total. The van der Waals surface area contributed by atoms with Crippen LogP contribution in [0.2, 0.25) is 0 Å². The van der Waals surface area contributed by atoms with Gasteiger partial charge in [0, 0.05) is 25.0 Å². The first kappa shape index (κ1) is 15.5. The summed E-state index contributed by atoms with van der Waals surface area (Å²) in [5, 5.41) is 12.1. The molecule has 1 aromatic heterocycles. The van der Waals surface area contributed by atoms with Gasteiger partial charge in [0.1, 0.15) is 0 Å². The fourth-order valence-electron chi connectivity index (χ4n) is 2.91. The number of allylic oxidation sites excluding steroid dienone is 1. The normalized spacial score (nSPS) is 13.9. The van der Waals surface area contributed by atoms with Gasteiger partial charge in [0.25, 0.3) is 5.91 Å². The van der Waals surface area contributed by atoms with Gasteiger partial charge < -0.3 is 10.2 Å². The second-order valence-corrected chi connectivity index (χ2v) is 6.01. The predicted molar refractivity (Wildman–Crippen MR) is 93.7 cm³/mol. The third kappa shape index (κ3) is 2.79.